The fraction of sp³-hybridized carbons (Fsp3) is 0.100. The lowest BCUT2D eigenvalue weighted by molar-refractivity contribution is -0.139. The molecule has 0 spiro atoms. The van der Waals surface area contributed by atoms with E-state index in [0.717, 1.165) is 0 Å². The van der Waals surface area contributed by atoms with E-state index in [2.05, 4.69) is 5.32 Å². The lowest BCUT2D eigenvalue weighted by Gasteiger charge is -2.05. The number of anilines is 1. The molecule has 2 N–H and O–H groups in total. The summed E-state index contributed by atoms with van der Waals surface area (Å²) < 4.78 is 0. The number of aliphatic carboxylic acids is 1. The molecule has 1 aromatic carbocycles. The van der Waals surface area contributed by atoms with Crippen molar-refractivity contribution in [1.82, 2.24) is 0 Å². The number of rotatable bonds is 3. The number of nitrogens with zero attached hydrogens (tertiary/aromatic N) is 1. The molecular weight excluding hydrogens is 232 g/mol. The second-order valence-corrected chi connectivity index (χ2v) is 3.33. The molecule has 0 aliphatic heterocycles. The molecule has 0 aliphatic carbocycles. The third-order valence-corrected chi connectivity index (χ3v) is 2.00. The Bertz CT molecular complexity index is 479. The largest absolute Gasteiger partial charge is 0.481 e. The number of halogens is 1. The average Bonchev–Trinajstić information content (AvgIpc) is 2.19. The number of carboxylic acid groups (broad SMARTS) is 1. The van der Waals surface area contributed by atoms with Crippen LogP contribution in [0, 0.1) is 11.3 Å². The zero-order chi connectivity index (χ0) is 12.1. The van der Waals surface area contributed by atoms with Gasteiger partial charge in [-0.15, -0.1) is 0 Å². The van der Waals surface area contributed by atoms with Crippen LogP contribution < -0.4 is 5.32 Å². The molecule has 1 amide bonds. The van der Waals surface area contributed by atoms with E-state index < -0.39 is 18.3 Å². The number of benzene rings is 1. The van der Waals surface area contributed by atoms with Crippen LogP contribution in [0.1, 0.15) is 12.0 Å². The zero-order valence-electron chi connectivity index (χ0n) is 8.03. The van der Waals surface area contributed by atoms with E-state index in [-0.39, 0.29) is 10.7 Å². The summed E-state index contributed by atoms with van der Waals surface area (Å²) in [4.78, 5) is 21.4. The smallest absolute Gasteiger partial charge is 0.312 e. The first kappa shape index (κ1) is 12.0. The number of carbonyl (C=O) groups excluding carboxylic acids is 1. The summed E-state index contributed by atoms with van der Waals surface area (Å²) in [5, 5.41) is 19.5. The van der Waals surface area contributed by atoms with Gasteiger partial charge in [-0.2, -0.15) is 5.26 Å². The molecule has 0 saturated heterocycles. The van der Waals surface area contributed by atoms with Crippen molar-refractivity contribution < 1.29 is 14.7 Å². The highest BCUT2D eigenvalue weighted by Crippen LogP contribution is 2.22. The second-order valence-electron chi connectivity index (χ2n) is 2.93. The SMILES string of the molecule is N#Cc1ccc(NC(=O)CC(=O)O)c(Cl)c1. The molecule has 5 nitrogen and oxygen atoms in total. The zero-order valence-corrected chi connectivity index (χ0v) is 8.78. The van der Waals surface area contributed by atoms with Gasteiger partial charge in [0.15, 0.2) is 0 Å². The second kappa shape index (κ2) is 5.14. The van der Waals surface area contributed by atoms with Gasteiger partial charge in [0, 0.05) is 0 Å². The predicted molar refractivity (Wildman–Crippen MR) is 57.0 cm³/mol. The molecule has 0 bridgehead atoms. The van der Waals surface area contributed by atoms with Crippen LogP contribution in [0.5, 0.6) is 0 Å². The van der Waals surface area contributed by atoms with E-state index in [9.17, 15) is 9.59 Å². The molecule has 0 heterocycles. The molecule has 0 aromatic heterocycles. The molecule has 16 heavy (non-hydrogen) atoms. The van der Waals surface area contributed by atoms with Gasteiger partial charge < -0.3 is 10.4 Å². The van der Waals surface area contributed by atoms with Crippen molar-refractivity contribution in [2.75, 3.05) is 5.32 Å². The number of carboxylic acids is 1. The van der Waals surface area contributed by atoms with Crippen LogP contribution in [0.2, 0.25) is 5.02 Å². The van der Waals surface area contributed by atoms with Crippen LogP contribution in [-0.4, -0.2) is 17.0 Å². The third kappa shape index (κ3) is 3.26. The van der Waals surface area contributed by atoms with E-state index in [1.54, 1.807) is 0 Å². The highest BCUT2D eigenvalue weighted by molar-refractivity contribution is 6.33. The Hall–Kier alpha value is -2.06. The van der Waals surface area contributed by atoms with Crippen molar-refractivity contribution in [2.24, 2.45) is 0 Å². The molecule has 1 rings (SSSR count). The van der Waals surface area contributed by atoms with Crippen LogP contribution >= 0.6 is 11.6 Å². The summed E-state index contributed by atoms with van der Waals surface area (Å²) >= 11 is 5.78. The van der Waals surface area contributed by atoms with Gasteiger partial charge in [0.05, 0.1) is 22.3 Å². The fourth-order valence-corrected chi connectivity index (χ4v) is 1.25. The first-order chi connectivity index (χ1) is 7.52. The summed E-state index contributed by atoms with van der Waals surface area (Å²) in [5.41, 5.74) is 0.646. The molecule has 6 heteroatoms. The van der Waals surface area contributed by atoms with Gasteiger partial charge in [0.25, 0.3) is 0 Å². The Balaban J connectivity index is 2.79. The Morgan fingerprint density at radius 3 is 2.69 bits per heavy atom. The quantitative estimate of drug-likeness (QED) is 0.783. The van der Waals surface area contributed by atoms with Gasteiger partial charge in [-0.25, -0.2) is 0 Å². The maximum absolute atomic E-state index is 11.1. The number of carbonyl (C=O) groups is 2. The minimum Gasteiger partial charge on any atom is -0.481 e. The molecule has 0 atom stereocenters. The highest BCUT2D eigenvalue weighted by atomic mass is 35.5. The lowest BCUT2D eigenvalue weighted by atomic mass is 10.2. The van der Waals surface area contributed by atoms with Gasteiger partial charge >= 0.3 is 5.97 Å². The number of nitrogens with one attached hydrogen (secondary N) is 1. The molecule has 0 fully saturated rings. The molecular formula is C10H7ClN2O3. The fourth-order valence-electron chi connectivity index (χ4n) is 1.02. The van der Waals surface area contributed by atoms with Crippen LogP contribution in [0.4, 0.5) is 5.69 Å². The topological polar surface area (TPSA) is 90.2 Å². The van der Waals surface area contributed by atoms with Gasteiger partial charge in [-0.1, -0.05) is 11.6 Å². The van der Waals surface area contributed by atoms with Crippen molar-refractivity contribution in [3.63, 3.8) is 0 Å². The first-order valence-corrected chi connectivity index (χ1v) is 4.62. The molecule has 0 saturated carbocycles. The van der Waals surface area contributed by atoms with E-state index in [1.165, 1.54) is 18.2 Å². The van der Waals surface area contributed by atoms with Crippen molar-refractivity contribution >= 4 is 29.2 Å². The highest BCUT2D eigenvalue weighted by Gasteiger charge is 2.09. The van der Waals surface area contributed by atoms with Crippen LogP contribution in [0.3, 0.4) is 0 Å². The molecule has 0 radical (unpaired) electrons. The van der Waals surface area contributed by atoms with Gasteiger partial charge in [-0.3, -0.25) is 9.59 Å². The average molecular weight is 239 g/mol. The van der Waals surface area contributed by atoms with Gasteiger partial charge in [0.1, 0.15) is 6.42 Å². The van der Waals surface area contributed by atoms with E-state index in [4.69, 9.17) is 22.0 Å². The number of amides is 1. The summed E-state index contributed by atoms with van der Waals surface area (Å²) in [6.45, 7) is 0. The van der Waals surface area contributed by atoms with E-state index in [1.807, 2.05) is 6.07 Å². The maximum atomic E-state index is 11.1. The molecule has 0 aliphatic rings. The van der Waals surface area contributed by atoms with E-state index >= 15 is 0 Å². The Morgan fingerprint density at radius 2 is 2.19 bits per heavy atom. The summed E-state index contributed by atoms with van der Waals surface area (Å²) in [6, 6.07) is 6.20. The summed E-state index contributed by atoms with van der Waals surface area (Å²) in [6.07, 6.45) is -0.629. The van der Waals surface area contributed by atoms with Crippen LogP contribution in [-0.2, 0) is 9.59 Å². The standard InChI is InChI=1S/C10H7ClN2O3/c11-7-3-6(5-12)1-2-8(7)13-9(14)4-10(15)16/h1-3H,4H2,(H,13,14)(H,15,16). The molecule has 82 valence electrons. The monoisotopic (exact) mass is 238 g/mol. The first-order valence-electron chi connectivity index (χ1n) is 4.24. The number of hydrogen-bond acceptors (Lipinski definition) is 3. The number of hydrogen-bond donors (Lipinski definition) is 2. The summed E-state index contributed by atoms with van der Waals surface area (Å²) in [5.74, 6) is -1.89. The predicted octanol–water partition coefficient (Wildman–Crippen LogP) is 1.62. The van der Waals surface area contributed by atoms with Gasteiger partial charge in [-0.05, 0) is 18.2 Å². The minimum absolute atomic E-state index is 0.192. The van der Waals surface area contributed by atoms with E-state index in [0.29, 0.717) is 5.56 Å². The molecule has 1 aromatic rings. The Labute approximate surface area is 96.3 Å². The lowest BCUT2D eigenvalue weighted by Crippen LogP contribution is -2.16. The summed E-state index contributed by atoms with van der Waals surface area (Å²) in [7, 11) is 0. The van der Waals surface area contributed by atoms with Crippen molar-refractivity contribution in [3.05, 3.63) is 28.8 Å². The Kier molecular flexibility index (Phi) is 3.86. The van der Waals surface area contributed by atoms with Crippen molar-refractivity contribution in [3.8, 4) is 6.07 Å². The van der Waals surface area contributed by atoms with Crippen molar-refractivity contribution in [1.29, 1.82) is 5.26 Å². The minimum atomic E-state index is -1.22. The Morgan fingerprint density at radius 1 is 1.50 bits per heavy atom. The normalized spacial score (nSPS) is 9.25. The van der Waals surface area contributed by atoms with Crippen molar-refractivity contribution in [2.45, 2.75) is 6.42 Å². The van der Waals surface area contributed by atoms with Crippen LogP contribution in [0.15, 0.2) is 18.2 Å². The molecule has 0 unspecified atom stereocenters. The third-order valence-electron chi connectivity index (χ3n) is 1.68. The maximum Gasteiger partial charge on any atom is 0.312 e. The number of nitriles is 1. The van der Waals surface area contributed by atoms with Crippen LogP contribution in [0.25, 0.3) is 0 Å². The van der Waals surface area contributed by atoms with Gasteiger partial charge in [0.2, 0.25) is 5.91 Å².